The van der Waals surface area contributed by atoms with Crippen molar-refractivity contribution in [3.05, 3.63) is 35.0 Å². The number of rotatable bonds is 3. The molecule has 0 radical (unpaired) electrons. The summed E-state index contributed by atoms with van der Waals surface area (Å²) in [6, 6.07) is 0. The van der Waals surface area contributed by atoms with E-state index in [1.54, 1.807) is 0 Å². The number of anilines is 1. The molecule has 1 aromatic rings. The quantitative estimate of drug-likeness (QED) is 0.909. The first kappa shape index (κ1) is 14.0. The van der Waals surface area contributed by atoms with Crippen LogP contribution in [0.25, 0.3) is 0 Å². The zero-order valence-electron chi connectivity index (χ0n) is 11.4. The van der Waals surface area contributed by atoms with Gasteiger partial charge in [0.25, 0.3) is 0 Å². The van der Waals surface area contributed by atoms with E-state index in [0.717, 1.165) is 12.1 Å². The predicted octanol–water partition coefficient (Wildman–Crippen LogP) is 3.98. The third-order valence-electron chi connectivity index (χ3n) is 3.43. The molecule has 0 aromatic carbocycles. The van der Waals surface area contributed by atoms with Crippen LogP contribution in [0.15, 0.2) is 29.7 Å². The van der Waals surface area contributed by atoms with E-state index in [1.807, 2.05) is 0 Å². The summed E-state index contributed by atoms with van der Waals surface area (Å²) in [7, 11) is 0. The molecular weight excluding hydrogens is 260 g/mol. The first-order valence-electron chi connectivity index (χ1n) is 6.68. The number of nitrogens with zero attached hydrogens (tertiary/aromatic N) is 3. The minimum absolute atomic E-state index is 0.206. The maximum Gasteiger partial charge on any atom is 0.231 e. The molecule has 1 aromatic heterocycles. The molecular formula is C14H19ClN4. The molecule has 1 aliphatic rings. The van der Waals surface area contributed by atoms with E-state index in [9.17, 15) is 0 Å². The summed E-state index contributed by atoms with van der Waals surface area (Å²) in [5, 5.41) is 3.44. The van der Waals surface area contributed by atoms with Gasteiger partial charge in [-0.15, -0.1) is 0 Å². The Morgan fingerprint density at radius 3 is 3.00 bits per heavy atom. The number of halogens is 1. The number of allylic oxidation sites excluding steroid dienone is 3. The maximum absolute atomic E-state index is 5.77. The largest absolute Gasteiger partial charge is 0.324 e. The van der Waals surface area contributed by atoms with Gasteiger partial charge in [0.1, 0.15) is 6.33 Å². The van der Waals surface area contributed by atoms with Gasteiger partial charge in [0.2, 0.25) is 11.2 Å². The van der Waals surface area contributed by atoms with Crippen molar-refractivity contribution in [2.75, 3.05) is 5.32 Å². The van der Waals surface area contributed by atoms with Crippen LogP contribution in [0, 0.1) is 5.92 Å². The third-order valence-corrected chi connectivity index (χ3v) is 3.62. The molecule has 1 aliphatic carbocycles. The van der Waals surface area contributed by atoms with Gasteiger partial charge in [0.05, 0.1) is 0 Å². The second-order valence-electron chi connectivity index (χ2n) is 4.82. The first-order valence-corrected chi connectivity index (χ1v) is 7.06. The van der Waals surface area contributed by atoms with Gasteiger partial charge < -0.3 is 5.32 Å². The van der Waals surface area contributed by atoms with Crippen LogP contribution in [0.3, 0.4) is 0 Å². The van der Waals surface area contributed by atoms with E-state index in [0.29, 0.717) is 11.9 Å². The fraction of sp³-hybridized carbons (Fsp3) is 0.500. The van der Waals surface area contributed by atoms with Gasteiger partial charge in [-0.3, -0.25) is 0 Å². The first-order chi connectivity index (χ1) is 9.19. The Morgan fingerprint density at radius 1 is 1.42 bits per heavy atom. The van der Waals surface area contributed by atoms with Crippen LogP contribution in [0.1, 0.15) is 39.5 Å². The van der Waals surface area contributed by atoms with Crippen LogP contribution in [0.4, 0.5) is 5.95 Å². The minimum Gasteiger partial charge on any atom is -0.324 e. The van der Waals surface area contributed by atoms with Crippen molar-refractivity contribution in [3.8, 4) is 0 Å². The van der Waals surface area contributed by atoms with Crippen LogP contribution in [0.5, 0.6) is 0 Å². The van der Waals surface area contributed by atoms with Crippen LogP contribution in [-0.4, -0.2) is 15.0 Å². The number of hydrogen-bond donors (Lipinski definition) is 1. The smallest absolute Gasteiger partial charge is 0.231 e. The van der Waals surface area contributed by atoms with Crippen molar-refractivity contribution in [1.82, 2.24) is 15.0 Å². The lowest BCUT2D eigenvalue weighted by Crippen LogP contribution is -2.07. The molecule has 0 spiro atoms. The van der Waals surface area contributed by atoms with Gasteiger partial charge >= 0.3 is 0 Å². The molecule has 19 heavy (non-hydrogen) atoms. The highest BCUT2D eigenvalue weighted by Crippen LogP contribution is 2.23. The lowest BCUT2D eigenvalue weighted by atomic mass is 9.93. The molecule has 0 aliphatic heterocycles. The summed E-state index contributed by atoms with van der Waals surface area (Å²) in [6.45, 7) is 4.37. The van der Waals surface area contributed by atoms with Crippen molar-refractivity contribution in [2.45, 2.75) is 39.5 Å². The van der Waals surface area contributed by atoms with E-state index in [1.165, 1.54) is 31.2 Å². The summed E-state index contributed by atoms with van der Waals surface area (Å²) >= 11 is 5.77. The SMILES string of the molecule is CCC1C=CC(Nc2ncnc(Cl)n2)=C(C)CCC1. The van der Waals surface area contributed by atoms with Gasteiger partial charge in [-0.2, -0.15) is 4.98 Å². The second kappa shape index (κ2) is 6.66. The molecule has 2 rings (SSSR count). The molecule has 0 saturated heterocycles. The van der Waals surface area contributed by atoms with Gasteiger partial charge in [-0.25, -0.2) is 9.97 Å². The highest BCUT2D eigenvalue weighted by atomic mass is 35.5. The van der Waals surface area contributed by atoms with E-state index >= 15 is 0 Å². The molecule has 0 bridgehead atoms. The topological polar surface area (TPSA) is 50.7 Å². The predicted molar refractivity (Wildman–Crippen MR) is 77.9 cm³/mol. The Kier molecular flexibility index (Phi) is 4.91. The average Bonchev–Trinajstić information content (AvgIpc) is 2.38. The molecule has 1 heterocycles. The second-order valence-corrected chi connectivity index (χ2v) is 5.15. The van der Waals surface area contributed by atoms with E-state index in [2.05, 4.69) is 46.3 Å². The van der Waals surface area contributed by atoms with Gasteiger partial charge in [0, 0.05) is 5.70 Å². The Labute approximate surface area is 119 Å². The summed E-state index contributed by atoms with van der Waals surface area (Å²) in [5.41, 5.74) is 2.39. The number of nitrogens with one attached hydrogen (secondary N) is 1. The van der Waals surface area contributed by atoms with Crippen molar-refractivity contribution < 1.29 is 0 Å². The van der Waals surface area contributed by atoms with Crippen LogP contribution in [0.2, 0.25) is 5.28 Å². The Bertz CT molecular complexity index is 496. The summed E-state index contributed by atoms with van der Waals surface area (Å²) < 4.78 is 0. The highest BCUT2D eigenvalue weighted by molar-refractivity contribution is 6.28. The fourth-order valence-electron chi connectivity index (χ4n) is 2.18. The lowest BCUT2D eigenvalue weighted by Gasteiger charge is -2.17. The highest BCUT2D eigenvalue weighted by Gasteiger charge is 2.09. The Morgan fingerprint density at radius 2 is 2.26 bits per heavy atom. The summed E-state index contributed by atoms with van der Waals surface area (Å²) in [5.74, 6) is 1.15. The summed E-state index contributed by atoms with van der Waals surface area (Å²) in [4.78, 5) is 11.9. The van der Waals surface area contributed by atoms with Gasteiger partial charge in [-0.05, 0) is 61.8 Å². The molecule has 1 unspecified atom stereocenters. The molecule has 1 N–H and O–H groups in total. The molecule has 1 atom stereocenters. The lowest BCUT2D eigenvalue weighted by molar-refractivity contribution is 0.540. The number of aromatic nitrogens is 3. The zero-order valence-corrected chi connectivity index (χ0v) is 12.1. The number of hydrogen-bond acceptors (Lipinski definition) is 4. The average molecular weight is 279 g/mol. The molecule has 4 nitrogen and oxygen atoms in total. The van der Waals surface area contributed by atoms with Gasteiger partial charge in [-0.1, -0.05) is 13.0 Å². The van der Waals surface area contributed by atoms with Crippen LogP contribution >= 0.6 is 11.6 Å². The zero-order chi connectivity index (χ0) is 13.7. The van der Waals surface area contributed by atoms with Gasteiger partial charge in [0.15, 0.2) is 0 Å². The Hall–Kier alpha value is -1.42. The molecule has 0 amide bonds. The van der Waals surface area contributed by atoms with E-state index in [4.69, 9.17) is 11.6 Å². The molecule has 0 fully saturated rings. The molecule has 102 valence electrons. The Balaban J connectivity index is 2.18. The summed E-state index contributed by atoms with van der Waals surface area (Å²) in [6.07, 6.45) is 10.6. The third kappa shape index (κ3) is 4.03. The van der Waals surface area contributed by atoms with Crippen molar-refractivity contribution >= 4 is 17.5 Å². The minimum atomic E-state index is 0.206. The van der Waals surface area contributed by atoms with Crippen LogP contribution < -0.4 is 5.32 Å². The van der Waals surface area contributed by atoms with Crippen molar-refractivity contribution in [2.24, 2.45) is 5.92 Å². The van der Waals surface area contributed by atoms with Crippen molar-refractivity contribution in [3.63, 3.8) is 0 Å². The maximum atomic E-state index is 5.77. The van der Waals surface area contributed by atoms with E-state index < -0.39 is 0 Å². The normalized spacial score (nSPS) is 20.1. The van der Waals surface area contributed by atoms with E-state index in [-0.39, 0.29) is 5.28 Å². The van der Waals surface area contributed by atoms with Crippen molar-refractivity contribution in [1.29, 1.82) is 0 Å². The monoisotopic (exact) mass is 278 g/mol. The molecule has 0 saturated carbocycles. The standard InChI is InChI=1S/C14H19ClN4/c1-3-11-6-4-5-10(2)12(8-7-11)18-14-17-9-16-13(15)19-14/h7-9,11H,3-6H2,1-2H3,(H,16,17,18,19). The fourth-order valence-corrected chi connectivity index (χ4v) is 2.30. The molecule has 5 heteroatoms. The van der Waals surface area contributed by atoms with Crippen LogP contribution in [-0.2, 0) is 0 Å².